The number of aromatic carboxylic acids is 1. The molecular weight excluding hydrogens is 264 g/mol. The SMILES string of the molecule is O=C(O)c1cccn(Cc2ccccc2[N+](=O)[O-])c1=O. The fraction of sp³-hybridized carbons (Fsp3) is 0.0769. The van der Waals surface area contributed by atoms with Gasteiger partial charge < -0.3 is 9.67 Å². The molecule has 7 nitrogen and oxygen atoms in total. The van der Waals surface area contributed by atoms with E-state index < -0.39 is 16.5 Å². The van der Waals surface area contributed by atoms with E-state index in [4.69, 9.17) is 5.11 Å². The number of rotatable bonds is 4. The number of nitro benzene ring substituents is 1. The summed E-state index contributed by atoms with van der Waals surface area (Å²) in [7, 11) is 0. The van der Waals surface area contributed by atoms with Crippen LogP contribution >= 0.6 is 0 Å². The minimum atomic E-state index is -1.33. The smallest absolute Gasteiger partial charge is 0.341 e. The van der Waals surface area contributed by atoms with Crippen LogP contribution in [0.25, 0.3) is 0 Å². The Bertz CT molecular complexity index is 736. The van der Waals surface area contributed by atoms with E-state index in [1.54, 1.807) is 6.07 Å². The van der Waals surface area contributed by atoms with E-state index >= 15 is 0 Å². The normalized spacial score (nSPS) is 10.2. The highest BCUT2D eigenvalue weighted by Crippen LogP contribution is 2.18. The molecule has 0 radical (unpaired) electrons. The number of pyridine rings is 1. The highest BCUT2D eigenvalue weighted by Gasteiger charge is 2.15. The van der Waals surface area contributed by atoms with Gasteiger partial charge in [-0.25, -0.2) is 4.79 Å². The van der Waals surface area contributed by atoms with E-state index in [0.29, 0.717) is 5.56 Å². The minimum Gasteiger partial charge on any atom is -0.477 e. The Hall–Kier alpha value is -2.96. The van der Waals surface area contributed by atoms with Gasteiger partial charge in [0.05, 0.1) is 11.5 Å². The van der Waals surface area contributed by atoms with E-state index in [2.05, 4.69) is 0 Å². The van der Waals surface area contributed by atoms with Crippen LogP contribution < -0.4 is 5.56 Å². The summed E-state index contributed by atoms with van der Waals surface area (Å²) in [6, 6.07) is 8.62. The number of carbonyl (C=O) groups is 1. The molecule has 2 rings (SSSR count). The predicted octanol–water partition coefficient (Wildman–Crippen LogP) is 1.50. The molecule has 2 aromatic rings. The van der Waals surface area contributed by atoms with Crippen LogP contribution in [0.4, 0.5) is 5.69 Å². The third-order valence-corrected chi connectivity index (χ3v) is 2.78. The summed E-state index contributed by atoms with van der Waals surface area (Å²) in [6.07, 6.45) is 1.39. The van der Waals surface area contributed by atoms with Gasteiger partial charge in [-0.05, 0) is 12.1 Å². The molecule has 0 saturated heterocycles. The number of aromatic nitrogens is 1. The van der Waals surface area contributed by atoms with Crippen LogP contribution in [0.5, 0.6) is 0 Å². The van der Waals surface area contributed by atoms with Crippen molar-refractivity contribution in [2.45, 2.75) is 6.54 Å². The Morgan fingerprint density at radius 2 is 1.95 bits per heavy atom. The molecule has 0 atom stereocenters. The zero-order chi connectivity index (χ0) is 14.7. The van der Waals surface area contributed by atoms with Crippen LogP contribution in [0.2, 0.25) is 0 Å². The second kappa shape index (κ2) is 5.35. The zero-order valence-corrected chi connectivity index (χ0v) is 10.2. The molecule has 20 heavy (non-hydrogen) atoms. The third-order valence-electron chi connectivity index (χ3n) is 2.78. The predicted molar refractivity (Wildman–Crippen MR) is 69.9 cm³/mol. The maximum atomic E-state index is 11.9. The van der Waals surface area contributed by atoms with Crippen molar-refractivity contribution in [3.8, 4) is 0 Å². The average Bonchev–Trinajstić information content (AvgIpc) is 2.41. The Balaban J connectivity index is 2.46. The first-order chi connectivity index (χ1) is 9.50. The molecule has 0 spiro atoms. The van der Waals surface area contributed by atoms with E-state index in [9.17, 15) is 19.7 Å². The summed E-state index contributed by atoms with van der Waals surface area (Å²) in [6.45, 7) is -0.0584. The van der Waals surface area contributed by atoms with Crippen molar-refractivity contribution in [1.82, 2.24) is 4.57 Å². The lowest BCUT2D eigenvalue weighted by molar-refractivity contribution is -0.385. The summed E-state index contributed by atoms with van der Waals surface area (Å²) < 4.78 is 1.13. The van der Waals surface area contributed by atoms with Crippen LogP contribution in [0.3, 0.4) is 0 Å². The van der Waals surface area contributed by atoms with Gasteiger partial charge in [-0.2, -0.15) is 0 Å². The molecule has 1 N–H and O–H groups in total. The number of hydrogen-bond acceptors (Lipinski definition) is 4. The molecule has 1 aromatic carbocycles. The number of carboxylic acid groups (broad SMARTS) is 1. The number of hydrogen-bond donors (Lipinski definition) is 1. The number of benzene rings is 1. The minimum absolute atomic E-state index is 0.0584. The van der Waals surface area contributed by atoms with E-state index in [1.165, 1.54) is 36.5 Å². The van der Waals surface area contributed by atoms with Crippen molar-refractivity contribution < 1.29 is 14.8 Å². The standard InChI is InChI=1S/C13H10N2O5/c16-12-10(13(17)18)5-3-7-14(12)8-9-4-1-2-6-11(9)15(19)20/h1-7H,8H2,(H,17,18). The molecule has 0 bridgehead atoms. The third kappa shape index (κ3) is 2.56. The molecule has 0 unspecified atom stereocenters. The summed E-state index contributed by atoms with van der Waals surface area (Å²) in [5, 5.41) is 19.8. The largest absolute Gasteiger partial charge is 0.477 e. The van der Waals surface area contributed by atoms with Gasteiger partial charge >= 0.3 is 5.97 Å². The van der Waals surface area contributed by atoms with Gasteiger partial charge in [-0.1, -0.05) is 18.2 Å². The van der Waals surface area contributed by atoms with Crippen molar-refractivity contribution in [3.63, 3.8) is 0 Å². The van der Waals surface area contributed by atoms with Gasteiger partial charge in [0.2, 0.25) is 0 Å². The Kier molecular flexibility index (Phi) is 3.60. The summed E-state index contributed by atoms with van der Waals surface area (Å²) in [5.74, 6) is -1.33. The van der Waals surface area contributed by atoms with Crippen molar-refractivity contribution in [2.75, 3.05) is 0 Å². The van der Waals surface area contributed by atoms with Crippen molar-refractivity contribution in [2.24, 2.45) is 0 Å². The van der Waals surface area contributed by atoms with Crippen molar-refractivity contribution >= 4 is 11.7 Å². The molecular formula is C13H10N2O5. The van der Waals surface area contributed by atoms with Gasteiger partial charge in [0.25, 0.3) is 11.2 Å². The zero-order valence-electron chi connectivity index (χ0n) is 10.2. The molecule has 7 heteroatoms. The summed E-state index contributed by atoms with van der Waals surface area (Å²) in [4.78, 5) is 33.1. The van der Waals surface area contributed by atoms with Gasteiger partial charge in [-0.3, -0.25) is 14.9 Å². The second-order valence-corrected chi connectivity index (χ2v) is 4.05. The molecule has 0 amide bonds. The number of carboxylic acids is 1. The molecule has 1 heterocycles. The number of nitro groups is 1. The summed E-state index contributed by atoms with van der Waals surface area (Å²) in [5.41, 5.74) is -0.841. The monoisotopic (exact) mass is 274 g/mol. The van der Waals surface area contributed by atoms with Gasteiger partial charge in [0.1, 0.15) is 5.56 Å². The first-order valence-electron chi connectivity index (χ1n) is 5.65. The van der Waals surface area contributed by atoms with Crippen molar-refractivity contribution in [3.05, 3.63) is 74.2 Å². The molecule has 0 fully saturated rings. The molecule has 1 aromatic heterocycles. The van der Waals surface area contributed by atoms with Crippen LogP contribution in [-0.4, -0.2) is 20.6 Å². The first-order valence-corrected chi connectivity index (χ1v) is 5.65. The van der Waals surface area contributed by atoms with E-state index in [1.807, 2.05) is 0 Å². The van der Waals surface area contributed by atoms with Gasteiger partial charge in [-0.15, -0.1) is 0 Å². The highest BCUT2D eigenvalue weighted by atomic mass is 16.6. The molecule has 0 aliphatic heterocycles. The molecule has 102 valence electrons. The fourth-order valence-corrected chi connectivity index (χ4v) is 1.83. The molecule has 0 aliphatic carbocycles. The quantitative estimate of drug-likeness (QED) is 0.672. The average molecular weight is 274 g/mol. The lowest BCUT2D eigenvalue weighted by Crippen LogP contribution is -2.26. The number of nitrogens with zero attached hydrogens (tertiary/aromatic N) is 2. The Labute approximate surface area is 112 Å². The summed E-state index contributed by atoms with van der Waals surface area (Å²) >= 11 is 0. The van der Waals surface area contributed by atoms with E-state index in [0.717, 1.165) is 4.57 Å². The van der Waals surface area contributed by atoms with Crippen LogP contribution in [0, 0.1) is 10.1 Å². The van der Waals surface area contributed by atoms with Gasteiger partial charge in [0, 0.05) is 17.8 Å². The lowest BCUT2D eigenvalue weighted by atomic mass is 10.1. The van der Waals surface area contributed by atoms with Gasteiger partial charge in [0.15, 0.2) is 0 Å². The maximum absolute atomic E-state index is 11.9. The molecule has 0 saturated carbocycles. The lowest BCUT2D eigenvalue weighted by Gasteiger charge is -2.07. The van der Waals surface area contributed by atoms with Crippen LogP contribution in [0.15, 0.2) is 47.4 Å². The van der Waals surface area contributed by atoms with Crippen LogP contribution in [0.1, 0.15) is 15.9 Å². The maximum Gasteiger partial charge on any atom is 0.341 e. The van der Waals surface area contributed by atoms with E-state index in [-0.39, 0.29) is 17.8 Å². The second-order valence-electron chi connectivity index (χ2n) is 4.05. The van der Waals surface area contributed by atoms with Crippen molar-refractivity contribution in [1.29, 1.82) is 0 Å². The Morgan fingerprint density at radius 1 is 1.25 bits per heavy atom. The molecule has 0 aliphatic rings. The number of para-hydroxylation sites is 1. The highest BCUT2D eigenvalue weighted by molar-refractivity contribution is 5.86. The first kappa shape index (κ1) is 13.5. The fourth-order valence-electron chi connectivity index (χ4n) is 1.83. The Morgan fingerprint density at radius 3 is 2.60 bits per heavy atom. The topological polar surface area (TPSA) is 102 Å². The van der Waals surface area contributed by atoms with Crippen LogP contribution in [-0.2, 0) is 6.54 Å².